The first-order chi connectivity index (χ1) is 11.0. The monoisotopic (exact) mass is 352 g/mol. The molecule has 4 nitrogen and oxygen atoms in total. The zero-order valence-corrected chi connectivity index (χ0v) is 15.3. The maximum atomic E-state index is 12.9. The van der Waals surface area contributed by atoms with E-state index in [1.54, 1.807) is 4.90 Å². The summed E-state index contributed by atoms with van der Waals surface area (Å²) in [5.74, 6) is 1.07. The van der Waals surface area contributed by atoms with Crippen LogP contribution in [-0.4, -0.2) is 35.0 Å². The standard InChI is InChI=1S/C19H28N2O2.ClH/c1-3-21(11-16(22)13-6-4-12(2)5-7-13)19(23)17-14-8-9-15(10-14)18(17)20;/h4-7,14-18,22H,3,8-11,20H2,1-2H3;1H. The van der Waals surface area contributed by atoms with Crippen LogP contribution in [0.1, 0.15) is 43.4 Å². The number of carbonyl (C=O) groups excluding carboxylic acids is 1. The van der Waals surface area contributed by atoms with Gasteiger partial charge in [0.25, 0.3) is 0 Å². The summed E-state index contributed by atoms with van der Waals surface area (Å²) in [5.41, 5.74) is 8.33. The maximum Gasteiger partial charge on any atom is 0.227 e. The summed E-state index contributed by atoms with van der Waals surface area (Å²) in [6, 6.07) is 7.85. The Bertz CT molecular complexity index is 561. The van der Waals surface area contributed by atoms with Gasteiger partial charge in [0.2, 0.25) is 5.91 Å². The van der Waals surface area contributed by atoms with Gasteiger partial charge in [0.1, 0.15) is 0 Å². The molecule has 2 bridgehead atoms. The zero-order chi connectivity index (χ0) is 16.6. The van der Waals surface area contributed by atoms with Gasteiger partial charge >= 0.3 is 0 Å². The number of nitrogens with zero attached hydrogens (tertiary/aromatic N) is 1. The first kappa shape index (κ1) is 19.2. The van der Waals surface area contributed by atoms with E-state index in [4.69, 9.17) is 5.73 Å². The van der Waals surface area contributed by atoms with Crippen LogP contribution < -0.4 is 5.73 Å². The van der Waals surface area contributed by atoms with Crippen molar-refractivity contribution in [3.8, 4) is 0 Å². The summed E-state index contributed by atoms with van der Waals surface area (Å²) in [4.78, 5) is 14.7. The van der Waals surface area contributed by atoms with E-state index < -0.39 is 6.10 Å². The van der Waals surface area contributed by atoms with Crippen molar-refractivity contribution >= 4 is 18.3 Å². The Morgan fingerprint density at radius 3 is 2.46 bits per heavy atom. The molecule has 0 aromatic heterocycles. The van der Waals surface area contributed by atoms with Gasteiger partial charge in [-0.2, -0.15) is 0 Å². The van der Waals surface area contributed by atoms with Gasteiger partial charge < -0.3 is 15.7 Å². The lowest BCUT2D eigenvalue weighted by atomic mass is 9.84. The van der Waals surface area contributed by atoms with Gasteiger partial charge in [0.15, 0.2) is 0 Å². The Hall–Kier alpha value is -1.10. The highest BCUT2D eigenvalue weighted by Gasteiger charge is 2.50. The highest BCUT2D eigenvalue weighted by atomic mass is 35.5. The van der Waals surface area contributed by atoms with E-state index in [1.165, 1.54) is 6.42 Å². The molecule has 0 aliphatic heterocycles. The summed E-state index contributed by atoms with van der Waals surface area (Å²) >= 11 is 0. The smallest absolute Gasteiger partial charge is 0.227 e. The summed E-state index contributed by atoms with van der Waals surface area (Å²) in [6.45, 7) is 4.95. The van der Waals surface area contributed by atoms with E-state index in [-0.39, 0.29) is 30.3 Å². The number of aliphatic hydroxyl groups excluding tert-OH is 1. The molecule has 3 N–H and O–H groups in total. The van der Waals surface area contributed by atoms with Crippen molar-refractivity contribution < 1.29 is 9.90 Å². The molecule has 24 heavy (non-hydrogen) atoms. The third-order valence-electron chi connectivity index (χ3n) is 5.81. The number of halogens is 1. The van der Waals surface area contributed by atoms with Gasteiger partial charge in [-0.25, -0.2) is 0 Å². The topological polar surface area (TPSA) is 66.6 Å². The molecule has 0 saturated heterocycles. The van der Waals surface area contributed by atoms with Crippen LogP contribution in [0.3, 0.4) is 0 Å². The molecule has 1 aromatic rings. The van der Waals surface area contributed by atoms with Crippen LogP contribution in [0.15, 0.2) is 24.3 Å². The van der Waals surface area contributed by atoms with Gasteiger partial charge in [0, 0.05) is 12.6 Å². The number of benzene rings is 1. The van der Waals surface area contributed by atoms with Crippen LogP contribution in [-0.2, 0) is 4.79 Å². The molecule has 2 fully saturated rings. The summed E-state index contributed by atoms with van der Waals surface area (Å²) < 4.78 is 0. The molecular weight excluding hydrogens is 324 g/mol. The summed E-state index contributed by atoms with van der Waals surface area (Å²) in [6.07, 6.45) is 2.77. The molecule has 5 heteroatoms. The number of hydrogen-bond acceptors (Lipinski definition) is 3. The minimum absolute atomic E-state index is 0. The number of amides is 1. The van der Waals surface area contributed by atoms with Crippen LogP contribution in [0.4, 0.5) is 0 Å². The Labute approximate surface area is 150 Å². The van der Waals surface area contributed by atoms with E-state index in [1.807, 2.05) is 38.1 Å². The molecule has 5 atom stereocenters. The minimum Gasteiger partial charge on any atom is -0.387 e. The van der Waals surface area contributed by atoms with Crippen LogP contribution in [0.2, 0.25) is 0 Å². The predicted molar refractivity (Wildman–Crippen MR) is 97.9 cm³/mol. The van der Waals surface area contributed by atoms with E-state index in [2.05, 4.69) is 0 Å². The fraction of sp³-hybridized carbons (Fsp3) is 0.632. The van der Waals surface area contributed by atoms with Crippen molar-refractivity contribution in [3.63, 3.8) is 0 Å². The number of hydrogen-bond donors (Lipinski definition) is 2. The molecule has 0 spiro atoms. The molecule has 0 heterocycles. The number of aryl methyl sites for hydroxylation is 1. The van der Waals surface area contributed by atoms with Gasteiger partial charge in [-0.1, -0.05) is 29.8 Å². The Kier molecular flexibility index (Phi) is 6.29. The van der Waals surface area contributed by atoms with Gasteiger partial charge in [-0.3, -0.25) is 4.79 Å². The third-order valence-corrected chi connectivity index (χ3v) is 5.81. The Balaban J connectivity index is 0.00000208. The number of nitrogens with two attached hydrogens (primary N) is 1. The van der Waals surface area contributed by atoms with Crippen LogP contribution >= 0.6 is 12.4 Å². The number of fused-ring (bicyclic) bond motifs is 2. The average molecular weight is 353 g/mol. The van der Waals surface area contributed by atoms with E-state index in [0.29, 0.717) is 24.9 Å². The Morgan fingerprint density at radius 1 is 1.29 bits per heavy atom. The minimum atomic E-state index is -0.644. The first-order valence-corrected chi connectivity index (χ1v) is 8.80. The van der Waals surface area contributed by atoms with E-state index in [9.17, 15) is 9.90 Å². The normalized spacial score (nSPS) is 29.2. The highest BCUT2D eigenvalue weighted by molar-refractivity contribution is 5.85. The second-order valence-corrected chi connectivity index (χ2v) is 7.24. The highest BCUT2D eigenvalue weighted by Crippen LogP contribution is 2.48. The molecule has 1 aromatic carbocycles. The van der Waals surface area contributed by atoms with Gasteiger partial charge in [0.05, 0.1) is 18.6 Å². The molecule has 0 radical (unpaired) electrons. The largest absolute Gasteiger partial charge is 0.387 e. The number of rotatable bonds is 5. The second-order valence-electron chi connectivity index (χ2n) is 7.24. The zero-order valence-electron chi connectivity index (χ0n) is 14.5. The lowest BCUT2D eigenvalue weighted by Crippen LogP contribution is -2.48. The fourth-order valence-corrected chi connectivity index (χ4v) is 4.39. The van der Waals surface area contributed by atoms with Crippen LogP contribution in [0.5, 0.6) is 0 Å². The van der Waals surface area contributed by atoms with Gasteiger partial charge in [-0.15, -0.1) is 12.4 Å². The van der Waals surface area contributed by atoms with Crippen molar-refractivity contribution in [2.75, 3.05) is 13.1 Å². The lowest BCUT2D eigenvalue weighted by molar-refractivity contribution is -0.139. The SMILES string of the molecule is CCN(CC(O)c1ccc(C)cc1)C(=O)C1C2CCC(C2)C1N.Cl. The average Bonchev–Trinajstić information content (AvgIpc) is 3.13. The molecule has 2 aliphatic rings. The molecule has 134 valence electrons. The van der Waals surface area contributed by atoms with Crippen LogP contribution in [0, 0.1) is 24.7 Å². The fourth-order valence-electron chi connectivity index (χ4n) is 4.39. The van der Waals surface area contributed by atoms with E-state index in [0.717, 1.165) is 24.0 Å². The van der Waals surface area contributed by atoms with Crippen molar-refractivity contribution in [1.82, 2.24) is 4.90 Å². The third kappa shape index (κ3) is 3.61. The molecule has 2 saturated carbocycles. The van der Waals surface area contributed by atoms with Crippen molar-refractivity contribution in [3.05, 3.63) is 35.4 Å². The van der Waals surface area contributed by atoms with Crippen LogP contribution in [0.25, 0.3) is 0 Å². The van der Waals surface area contributed by atoms with Crippen molar-refractivity contribution in [2.45, 2.75) is 45.3 Å². The summed E-state index contributed by atoms with van der Waals surface area (Å²) in [5, 5.41) is 10.5. The molecule has 5 unspecified atom stereocenters. The quantitative estimate of drug-likeness (QED) is 0.856. The number of carbonyl (C=O) groups is 1. The molecule has 2 aliphatic carbocycles. The summed E-state index contributed by atoms with van der Waals surface area (Å²) in [7, 11) is 0. The molecular formula is C19H29ClN2O2. The number of likely N-dealkylation sites (N-methyl/N-ethyl adjacent to an activating group) is 1. The van der Waals surface area contributed by atoms with Crippen molar-refractivity contribution in [2.24, 2.45) is 23.5 Å². The number of aliphatic hydroxyl groups is 1. The Morgan fingerprint density at radius 2 is 1.92 bits per heavy atom. The molecule has 1 amide bonds. The second kappa shape index (κ2) is 7.85. The lowest BCUT2D eigenvalue weighted by Gasteiger charge is -2.33. The van der Waals surface area contributed by atoms with Gasteiger partial charge in [-0.05, 0) is 50.5 Å². The molecule has 3 rings (SSSR count). The first-order valence-electron chi connectivity index (χ1n) is 8.80. The predicted octanol–water partition coefficient (Wildman–Crippen LogP) is 2.67. The maximum absolute atomic E-state index is 12.9. The van der Waals surface area contributed by atoms with Crippen molar-refractivity contribution in [1.29, 1.82) is 0 Å². The van der Waals surface area contributed by atoms with E-state index >= 15 is 0 Å².